The fourth-order valence-corrected chi connectivity index (χ4v) is 2.53. The van der Waals surface area contributed by atoms with Crippen LogP contribution in [0.25, 0.3) is 0 Å². The minimum Gasteiger partial charge on any atom is -0.351 e. The highest BCUT2D eigenvalue weighted by molar-refractivity contribution is 6.31. The first-order valence-electron chi connectivity index (χ1n) is 5.49. The van der Waals surface area contributed by atoms with Gasteiger partial charge in [0.25, 0.3) is 0 Å². The molecule has 1 atom stereocenters. The summed E-state index contributed by atoms with van der Waals surface area (Å²) in [5.74, 6) is 1.15. The molecule has 1 saturated carbocycles. The molecule has 0 bridgehead atoms. The first kappa shape index (κ1) is 11.9. The van der Waals surface area contributed by atoms with Crippen molar-refractivity contribution in [1.82, 2.24) is 15.0 Å². The number of aromatic nitrogens is 3. The third kappa shape index (κ3) is 2.95. The van der Waals surface area contributed by atoms with E-state index in [2.05, 4.69) is 27.2 Å². The lowest BCUT2D eigenvalue weighted by Crippen LogP contribution is -2.25. The minimum absolute atomic E-state index is 0.126. The largest absolute Gasteiger partial charge is 0.351 e. The van der Waals surface area contributed by atoms with E-state index in [9.17, 15) is 0 Å². The molecular weight excluding hydrogens is 247 g/mol. The summed E-state index contributed by atoms with van der Waals surface area (Å²) in [6, 6.07) is 0.344. The van der Waals surface area contributed by atoms with E-state index < -0.39 is 0 Å². The monoisotopic (exact) mass is 260 g/mol. The Morgan fingerprint density at radius 1 is 1.12 bits per heavy atom. The number of nitrogens with one attached hydrogen (secondary N) is 1. The summed E-state index contributed by atoms with van der Waals surface area (Å²) in [7, 11) is 0. The predicted octanol–water partition coefficient (Wildman–Crippen LogP) is 3.17. The molecule has 1 fully saturated rings. The molecule has 1 aromatic rings. The molecule has 0 amide bonds. The van der Waals surface area contributed by atoms with Crippen LogP contribution in [-0.4, -0.2) is 21.0 Å². The van der Waals surface area contributed by atoms with E-state index in [-0.39, 0.29) is 10.6 Å². The number of hydrogen-bond donors (Lipinski definition) is 1. The van der Waals surface area contributed by atoms with Gasteiger partial charge in [-0.25, -0.2) is 0 Å². The highest BCUT2D eigenvalue weighted by Crippen LogP contribution is 2.28. The topological polar surface area (TPSA) is 50.7 Å². The minimum atomic E-state index is 0.126. The van der Waals surface area contributed by atoms with E-state index >= 15 is 0 Å². The second-order valence-electron chi connectivity index (χ2n) is 4.17. The molecule has 1 aliphatic rings. The number of halogens is 2. The maximum absolute atomic E-state index is 5.71. The van der Waals surface area contributed by atoms with Gasteiger partial charge in [0.2, 0.25) is 16.5 Å². The number of hydrogen-bond acceptors (Lipinski definition) is 4. The van der Waals surface area contributed by atoms with Crippen molar-refractivity contribution in [3.63, 3.8) is 0 Å². The first-order chi connectivity index (χ1) is 7.65. The van der Waals surface area contributed by atoms with Crippen LogP contribution in [0.5, 0.6) is 0 Å². The summed E-state index contributed by atoms with van der Waals surface area (Å²) in [4.78, 5) is 11.7. The molecule has 1 aromatic heterocycles. The Morgan fingerprint density at radius 3 is 2.25 bits per heavy atom. The van der Waals surface area contributed by atoms with E-state index in [0.717, 1.165) is 0 Å². The molecule has 1 aliphatic carbocycles. The zero-order chi connectivity index (χ0) is 11.5. The fraction of sp³-hybridized carbons (Fsp3) is 0.700. The van der Waals surface area contributed by atoms with Crippen molar-refractivity contribution in [2.24, 2.45) is 5.92 Å². The Hall–Kier alpha value is -0.610. The molecular formula is C10H14Cl2N4. The highest BCUT2D eigenvalue weighted by Gasteiger charge is 2.22. The van der Waals surface area contributed by atoms with Gasteiger partial charge in [0, 0.05) is 6.04 Å². The lowest BCUT2D eigenvalue weighted by atomic mass is 10.0. The molecule has 1 heterocycles. The van der Waals surface area contributed by atoms with Crippen LogP contribution in [0.4, 0.5) is 5.95 Å². The van der Waals surface area contributed by atoms with Crippen LogP contribution in [0, 0.1) is 5.92 Å². The Bertz CT molecular complexity index is 346. The van der Waals surface area contributed by atoms with Gasteiger partial charge in [-0.3, -0.25) is 0 Å². The van der Waals surface area contributed by atoms with E-state index in [4.69, 9.17) is 23.2 Å². The SMILES string of the molecule is CC(Nc1nc(Cl)nc(Cl)n1)C1CCCC1. The van der Waals surface area contributed by atoms with Crippen molar-refractivity contribution >= 4 is 29.2 Å². The Morgan fingerprint density at radius 2 is 1.69 bits per heavy atom. The van der Waals surface area contributed by atoms with Gasteiger partial charge in [0.05, 0.1) is 0 Å². The quantitative estimate of drug-likeness (QED) is 0.907. The molecule has 1 N–H and O–H groups in total. The molecule has 6 heteroatoms. The molecule has 88 valence electrons. The van der Waals surface area contributed by atoms with Gasteiger partial charge in [-0.1, -0.05) is 12.8 Å². The fourth-order valence-electron chi connectivity index (χ4n) is 2.17. The van der Waals surface area contributed by atoms with Crippen LogP contribution in [0.15, 0.2) is 0 Å². The number of anilines is 1. The van der Waals surface area contributed by atoms with Gasteiger partial charge >= 0.3 is 0 Å². The standard InChI is InChI=1S/C10H14Cl2N4/c1-6(7-4-2-3-5-7)13-10-15-8(11)14-9(12)16-10/h6-7H,2-5H2,1H3,(H,13,14,15,16). The maximum Gasteiger partial charge on any atom is 0.228 e. The van der Waals surface area contributed by atoms with Crippen LogP contribution >= 0.6 is 23.2 Å². The highest BCUT2D eigenvalue weighted by atomic mass is 35.5. The van der Waals surface area contributed by atoms with E-state index in [1.807, 2.05) is 0 Å². The van der Waals surface area contributed by atoms with Crippen LogP contribution in [0.2, 0.25) is 10.6 Å². The van der Waals surface area contributed by atoms with Crippen LogP contribution < -0.4 is 5.32 Å². The summed E-state index contributed by atoms with van der Waals surface area (Å²) in [5.41, 5.74) is 0. The van der Waals surface area contributed by atoms with Crippen LogP contribution in [0.1, 0.15) is 32.6 Å². The lowest BCUT2D eigenvalue weighted by Gasteiger charge is -2.20. The van der Waals surface area contributed by atoms with Crippen molar-refractivity contribution in [2.45, 2.75) is 38.6 Å². The van der Waals surface area contributed by atoms with Crippen molar-refractivity contribution < 1.29 is 0 Å². The number of nitrogens with zero attached hydrogens (tertiary/aromatic N) is 3. The van der Waals surface area contributed by atoms with E-state index in [1.165, 1.54) is 25.7 Å². The van der Waals surface area contributed by atoms with Gasteiger partial charge in [-0.05, 0) is 48.9 Å². The maximum atomic E-state index is 5.71. The Balaban J connectivity index is 2.02. The van der Waals surface area contributed by atoms with Gasteiger partial charge < -0.3 is 5.32 Å². The smallest absolute Gasteiger partial charge is 0.228 e. The molecule has 0 saturated heterocycles. The third-order valence-corrected chi connectivity index (χ3v) is 3.38. The Kier molecular flexibility index (Phi) is 3.82. The second kappa shape index (κ2) is 5.15. The summed E-state index contributed by atoms with van der Waals surface area (Å²) < 4.78 is 0. The normalized spacial score (nSPS) is 18.7. The summed E-state index contributed by atoms with van der Waals surface area (Å²) >= 11 is 11.4. The van der Waals surface area contributed by atoms with Gasteiger partial charge in [-0.2, -0.15) is 15.0 Å². The zero-order valence-corrected chi connectivity index (χ0v) is 10.6. The van der Waals surface area contributed by atoms with Crippen LogP contribution in [0.3, 0.4) is 0 Å². The first-order valence-corrected chi connectivity index (χ1v) is 6.24. The van der Waals surface area contributed by atoms with Gasteiger partial charge in [0.15, 0.2) is 0 Å². The average molecular weight is 261 g/mol. The predicted molar refractivity (Wildman–Crippen MR) is 64.9 cm³/mol. The van der Waals surface area contributed by atoms with Crippen molar-refractivity contribution in [1.29, 1.82) is 0 Å². The average Bonchev–Trinajstić information content (AvgIpc) is 2.68. The molecule has 0 radical (unpaired) electrons. The molecule has 0 aromatic carbocycles. The van der Waals surface area contributed by atoms with Crippen molar-refractivity contribution in [2.75, 3.05) is 5.32 Å². The van der Waals surface area contributed by atoms with Crippen LogP contribution in [-0.2, 0) is 0 Å². The third-order valence-electron chi connectivity index (χ3n) is 3.04. The molecule has 16 heavy (non-hydrogen) atoms. The summed E-state index contributed by atoms with van der Waals surface area (Å²) in [6.07, 6.45) is 5.16. The van der Waals surface area contributed by atoms with Crippen molar-refractivity contribution in [3.8, 4) is 0 Å². The molecule has 2 rings (SSSR count). The molecule has 1 unspecified atom stereocenters. The zero-order valence-electron chi connectivity index (χ0n) is 9.08. The molecule has 0 aliphatic heterocycles. The second-order valence-corrected chi connectivity index (χ2v) is 4.85. The summed E-state index contributed by atoms with van der Waals surface area (Å²) in [6.45, 7) is 2.14. The Labute approximate surface area is 105 Å². The number of rotatable bonds is 3. The van der Waals surface area contributed by atoms with Gasteiger partial charge in [-0.15, -0.1) is 0 Å². The van der Waals surface area contributed by atoms with Gasteiger partial charge in [0.1, 0.15) is 0 Å². The lowest BCUT2D eigenvalue weighted by molar-refractivity contribution is 0.480. The summed E-state index contributed by atoms with van der Waals surface area (Å²) in [5, 5.41) is 3.49. The molecule has 0 spiro atoms. The van der Waals surface area contributed by atoms with E-state index in [0.29, 0.717) is 17.9 Å². The van der Waals surface area contributed by atoms with Crippen molar-refractivity contribution in [3.05, 3.63) is 10.6 Å². The van der Waals surface area contributed by atoms with E-state index in [1.54, 1.807) is 0 Å². The molecule has 4 nitrogen and oxygen atoms in total.